The van der Waals surface area contributed by atoms with E-state index in [1.807, 2.05) is 0 Å². The maximum Gasteiger partial charge on any atom is 0.337 e. The van der Waals surface area contributed by atoms with Gasteiger partial charge >= 0.3 is 5.97 Å². The number of benzene rings is 3. The third-order valence-corrected chi connectivity index (χ3v) is 6.74. The first-order chi connectivity index (χ1) is 15.8. The van der Waals surface area contributed by atoms with E-state index in [4.69, 9.17) is 16.3 Å². The Morgan fingerprint density at radius 1 is 0.970 bits per heavy atom. The molecule has 3 aromatic carbocycles. The van der Waals surface area contributed by atoms with Gasteiger partial charge in [0.2, 0.25) is 5.91 Å². The van der Waals surface area contributed by atoms with Crippen LogP contribution in [0.3, 0.4) is 0 Å². The molecule has 0 aliphatic rings. The van der Waals surface area contributed by atoms with Crippen molar-refractivity contribution in [3.05, 3.63) is 83.4 Å². The third kappa shape index (κ3) is 5.44. The Kier molecular flexibility index (Phi) is 7.57. The number of hydrogen-bond donors (Lipinski definition) is 1. The average Bonchev–Trinajstić information content (AvgIpc) is 2.83. The minimum atomic E-state index is -4.12. The molecule has 0 aromatic heterocycles. The molecule has 0 radical (unpaired) electrons. The van der Waals surface area contributed by atoms with Crippen molar-refractivity contribution in [2.75, 3.05) is 30.4 Å². The molecule has 0 bridgehead atoms. The lowest BCUT2D eigenvalue weighted by Crippen LogP contribution is -2.38. The lowest BCUT2D eigenvalue weighted by Gasteiger charge is -2.25. The van der Waals surface area contributed by atoms with Crippen LogP contribution in [0, 0.1) is 0 Å². The summed E-state index contributed by atoms with van der Waals surface area (Å²) in [6.07, 6.45) is 0. The SMILES string of the molecule is COC(=O)c1ccc(Cl)c(NC(=O)CN(c2ccccc2OC)S(=O)(=O)c2ccccc2)c1. The smallest absolute Gasteiger partial charge is 0.337 e. The van der Waals surface area contributed by atoms with E-state index in [1.54, 1.807) is 36.4 Å². The quantitative estimate of drug-likeness (QED) is 0.481. The molecule has 172 valence electrons. The zero-order valence-electron chi connectivity index (χ0n) is 17.8. The second kappa shape index (κ2) is 10.4. The number of para-hydroxylation sites is 2. The Labute approximate surface area is 196 Å². The van der Waals surface area contributed by atoms with Gasteiger partial charge in [-0.15, -0.1) is 0 Å². The molecule has 3 rings (SSSR count). The molecular formula is C23H21ClN2O6S. The highest BCUT2D eigenvalue weighted by molar-refractivity contribution is 7.92. The van der Waals surface area contributed by atoms with Crippen molar-refractivity contribution in [3.63, 3.8) is 0 Å². The van der Waals surface area contributed by atoms with E-state index >= 15 is 0 Å². The van der Waals surface area contributed by atoms with Crippen molar-refractivity contribution in [2.24, 2.45) is 0 Å². The Morgan fingerprint density at radius 3 is 2.30 bits per heavy atom. The van der Waals surface area contributed by atoms with Gasteiger partial charge in [0, 0.05) is 0 Å². The molecule has 0 saturated carbocycles. The van der Waals surface area contributed by atoms with Crippen LogP contribution in [0.15, 0.2) is 77.7 Å². The van der Waals surface area contributed by atoms with Gasteiger partial charge < -0.3 is 14.8 Å². The highest BCUT2D eigenvalue weighted by atomic mass is 35.5. The summed E-state index contributed by atoms with van der Waals surface area (Å²) >= 11 is 6.16. The molecule has 0 spiro atoms. The summed E-state index contributed by atoms with van der Waals surface area (Å²) < 4.78 is 37.8. The van der Waals surface area contributed by atoms with Crippen molar-refractivity contribution in [1.82, 2.24) is 0 Å². The van der Waals surface area contributed by atoms with Gasteiger partial charge in [-0.1, -0.05) is 41.9 Å². The summed E-state index contributed by atoms with van der Waals surface area (Å²) in [5.74, 6) is -1.01. The molecule has 1 N–H and O–H groups in total. The van der Waals surface area contributed by atoms with Crippen LogP contribution in [0.25, 0.3) is 0 Å². The van der Waals surface area contributed by atoms with E-state index in [1.165, 1.54) is 50.6 Å². The normalized spacial score (nSPS) is 10.9. The molecule has 0 unspecified atom stereocenters. The second-order valence-electron chi connectivity index (χ2n) is 6.73. The Hall–Kier alpha value is -3.56. The molecule has 33 heavy (non-hydrogen) atoms. The molecule has 0 fully saturated rings. The van der Waals surface area contributed by atoms with Crippen molar-refractivity contribution in [1.29, 1.82) is 0 Å². The fraction of sp³-hybridized carbons (Fsp3) is 0.130. The number of esters is 1. The van der Waals surface area contributed by atoms with E-state index in [0.717, 1.165) is 4.31 Å². The van der Waals surface area contributed by atoms with Crippen LogP contribution < -0.4 is 14.4 Å². The van der Waals surface area contributed by atoms with Gasteiger partial charge in [-0.3, -0.25) is 9.10 Å². The highest BCUT2D eigenvalue weighted by Crippen LogP contribution is 2.32. The summed E-state index contributed by atoms with van der Waals surface area (Å²) in [5.41, 5.74) is 0.505. The molecule has 8 nitrogen and oxygen atoms in total. The Bertz CT molecular complexity index is 1260. The number of methoxy groups -OCH3 is 2. The molecule has 0 saturated heterocycles. The number of sulfonamides is 1. The first-order valence-corrected chi connectivity index (χ1v) is 11.5. The minimum Gasteiger partial charge on any atom is -0.495 e. The number of nitrogens with zero attached hydrogens (tertiary/aromatic N) is 1. The van der Waals surface area contributed by atoms with E-state index in [0.29, 0.717) is 0 Å². The van der Waals surface area contributed by atoms with Gasteiger partial charge in [-0.05, 0) is 42.5 Å². The molecule has 3 aromatic rings. The lowest BCUT2D eigenvalue weighted by atomic mass is 10.2. The van der Waals surface area contributed by atoms with Crippen LogP contribution in [0.2, 0.25) is 5.02 Å². The van der Waals surface area contributed by atoms with Crippen LogP contribution >= 0.6 is 11.6 Å². The lowest BCUT2D eigenvalue weighted by molar-refractivity contribution is -0.114. The standard InChI is InChI=1S/C23H21ClN2O6S/c1-31-21-11-7-6-10-20(21)26(33(29,30)17-8-4-3-5-9-17)15-22(27)25-19-14-16(23(28)32-2)12-13-18(19)24/h3-14H,15H2,1-2H3,(H,25,27). The predicted molar refractivity (Wildman–Crippen MR) is 125 cm³/mol. The minimum absolute atomic E-state index is 0.00873. The summed E-state index contributed by atoms with van der Waals surface area (Å²) in [4.78, 5) is 24.8. The number of nitrogens with one attached hydrogen (secondary N) is 1. The second-order valence-corrected chi connectivity index (χ2v) is 9.00. The van der Waals surface area contributed by atoms with Crippen molar-refractivity contribution >= 4 is 44.9 Å². The first-order valence-electron chi connectivity index (χ1n) is 9.66. The van der Waals surface area contributed by atoms with Gasteiger partial charge in [0.25, 0.3) is 10.0 Å². The van der Waals surface area contributed by atoms with Gasteiger partial charge in [0.15, 0.2) is 0 Å². The molecule has 0 aliphatic heterocycles. The Morgan fingerprint density at radius 2 is 1.64 bits per heavy atom. The van der Waals surface area contributed by atoms with E-state index in [-0.39, 0.29) is 32.6 Å². The summed E-state index contributed by atoms with van der Waals surface area (Å²) in [6.45, 7) is -0.573. The fourth-order valence-electron chi connectivity index (χ4n) is 3.04. The number of carbonyl (C=O) groups is 2. The highest BCUT2D eigenvalue weighted by Gasteiger charge is 2.29. The number of halogens is 1. The summed E-state index contributed by atoms with van der Waals surface area (Å²) in [6, 6.07) is 18.4. The molecule has 1 amide bonds. The number of ether oxygens (including phenoxy) is 2. The maximum absolute atomic E-state index is 13.4. The van der Waals surface area contributed by atoms with Gasteiger partial charge in [-0.25, -0.2) is 13.2 Å². The van der Waals surface area contributed by atoms with Crippen molar-refractivity contribution in [3.8, 4) is 5.75 Å². The van der Waals surface area contributed by atoms with Crippen LogP contribution in [-0.4, -0.2) is 41.1 Å². The first kappa shape index (κ1) is 24.1. The maximum atomic E-state index is 13.4. The van der Waals surface area contributed by atoms with Crippen molar-refractivity contribution in [2.45, 2.75) is 4.90 Å². The van der Waals surface area contributed by atoms with E-state index in [9.17, 15) is 18.0 Å². The zero-order chi connectivity index (χ0) is 24.0. The number of rotatable bonds is 8. The van der Waals surface area contributed by atoms with Crippen LogP contribution in [0.5, 0.6) is 5.75 Å². The summed E-state index contributed by atoms with van der Waals surface area (Å²) in [5, 5.41) is 2.74. The predicted octanol–water partition coefficient (Wildman–Crippen LogP) is 3.97. The number of amides is 1. The third-order valence-electron chi connectivity index (χ3n) is 4.63. The van der Waals surface area contributed by atoms with Crippen molar-refractivity contribution < 1.29 is 27.5 Å². The monoisotopic (exact) mass is 488 g/mol. The van der Waals surface area contributed by atoms with E-state index in [2.05, 4.69) is 10.1 Å². The fourth-order valence-corrected chi connectivity index (χ4v) is 4.66. The largest absolute Gasteiger partial charge is 0.495 e. The molecular weight excluding hydrogens is 468 g/mol. The Balaban J connectivity index is 1.98. The van der Waals surface area contributed by atoms with Gasteiger partial charge in [0.05, 0.1) is 41.1 Å². The molecule has 0 heterocycles. The topological polar surface area (TPSA) is 102 Å². The molecule has 0 aliphatic carbocycles. The molecule has 0 atom stereocenters. The number of anilines is 2. The van der Waals surface area contributed by atoms with Gasteiger partial charge in [0.1, 0.15) is 12.3 Å². The van der Waals surface area contributed by atoms with E-state index < -0.39 is 28.4 Å². The van der Waals surface area contributed by atoms with Crippen LogP contribution in [-0.2, 0) is 19.6 Å². The zero-order valence-corrected chi connectivity index (χ0v) is 19.4. The average molecular weight is 489 g/mol. The van der Waals surface area contributed by atoms with Gasteiger partial charge in [-0.2, -0.15) is 0 Å². The van der Waals surface area contributed by atoms with Crippen LogP contribution in [0.1, 0.15) is 10.4 Å². The number of carbonyl (C=O) groups excluding carboxylic acids is 2. The molecule has 10 heteroatoms. The van der Waals surface area contributed by atoms with Crippen LogP contribution in [0.4, 0.5) is 11.4 Å². The summed E-state index contributed by atoms with van der Waals surface area (Å²) in [7, 11) is -1.49. The number of hydrogen-bond acceptors (Lipinski definition) is 6.